The molecular weight excluding hydrogens is 298 g/mol. The summed E-state index contributed by atoms with van der Waals surface area (Å²) in [5.74, 6) is 2.75. The number of carbonyl (C=O) groups is 1. The highest BCUT2D eigenvalue weighted by molar-refractivity contribution is 5.83. The Labute approximate surface area is 145 Å². The Balaban J connectivity index is 1.42. The van der Waals surface area contributed by atoms with Gasteiger partial charge in [0.15, 0.2) is 0 Å². The van der Waals surface area contributed by atoms with Crippen molar-refractivity contribution in [2.75, 3.05) is 6.61 Å². The van der Waals surface area contributed by atoms with E-state index in [0.29, 0.717) is 25.7 Å². The fourth-order valence-corrected chi connectivity index (χ4v) is 5.83. The van der Waals surface area contributed by atoms with E-state index >= 15 is 0 Å². The lowest BCUT2D eigenvalue weighted by atomic mass is 9.49. The molecular formula is C21H29NO2. The predicted molar refractivity (Wildman–Crippen MR) is 94.2 cm³/mol. The Morgan fingerprint density at radius 3 is 2.25 bits per heavy atom. The smallest absolute Gasteiger partial charge is 0.226 e. The molecule has 0 saturated heterocycles. The first kappa shape index (κ1) is 16.1. The van der Waals surface area contributed by atoms with Crippen LogP contribution < -0.4 is 5.32 Å². The molecule has 5 rings (SSSR count). The van der Waals surface area contributed by atoms with E-state index in [0.717, 1.165) is 37.0 Å². The van der Waals surface area contributed by atoms with Crippen LogP contribution >= 0.6 is 0 Å². The molecule has 0 heterocycles. The fourth-order valence-electron chi connectivity index (χ4n) is 5.83. The average molecular weight is 327 g/mol. The molecule has 130 valence electrons. The Morgan fingerprint density at radius 2 is 1.67 bits per heavy atom. The lowest BCUT2D eigenvalue weighted by Gasteiger charge is -2.55. The van der Waals surface area contributed by atoms with Gasteiger partial charge in [-0.25, -0.2) is 0 Å². The zero-order valence-electron chi connectivity index (χ0n) is 14.7. The van der Waals surface area contributed by atoms with Gasteiger partial charge in [0.1, 0.15) is 0 Å². The Bertz CT molecular complexity index is 574. The van der Waals surface area contributed by atoms with Crippen LogP contribution in [0.2, 0.25) is 0 Å². The van der Waals surface area contributed by atoms with Crippen LogP contribution in [0.5, 0.6) is 0 Å². The monoisotopic (exact) mass is 327 g/mol. The number of benzene rings is 1. The SMILES string of the molecule is CCOCc1ccccc1CNC(=O)C12CC3CC(CC(C3)C1)C2. The van der Waals surface area contributed by atoms with Crippen molar-refractivity contribution in [1.82, 2.24) is 5.32 Å². The number of amides is 1. The van der Waals surface area contributed by atoms with E-state index in [1.165, 1.54) is 30.4 Å². The van der Waals surface area contributed by atoms with E-state index in [4.69, 9.17) is 4.74 Å². The van der Waals surface area contributed by atoms with Crippen LogP contribution in [0.4, 0.5) is 0 Å². The molecule has 1 N–H and O–H groups in total. The van der Waals surface area contributed by atoms with Crippen molar-refractivity contribution in [2.45, 2.75) is 58.6 Å². The van der Waals surface area contributed by atoms with Gasteiger partial charge in [0, 0.05) is 18.6 Å². The van der Waals surface area contributed by atoms with Crippen molar-refractivity contribution in [2.24, 2.45) is 23.2 Å². The second kappa shape index (κ2) is 6.51. The number of hydrogen-bond donors (Lipinski definition) is 1. The van der Waals surface area contributed by atoms with Crippen LogP contribution in [0.3, 0.4) is 0 Å². The minimum atomic E-state index is -0.0520. The summed E-state index contributed by atoms with van der Waals surface area (Å²) in [7, 11) is 0. The van der Waals surface area contributed by atoms with Crippen molar-refractivity contribution in [1.29, 1.82) is 0 Å². The zero-order chi connectivity index (χ0) is 16.6. The van der Waals surface area contributed by atoms with Crippen molar-refractivity contribution >= 4 is 5.91 Å². The minimum absolute atomic E-state index is 0.0520. The normalized spacial score (nSPS) is 33.6. The molecule has 0 atom stereocenters. The lowest BCUT2D eigenvalue weighted by Crippen LogP contribution is -2.53. The van der Waals surface area contributed by atoms with Gasteiger partial charge in [-0.1, -0.05) is 24.3 Å². The number of ether oxygens (including phenoxy) is 1. The van der Waals surface area contributed by atoms with Crippen molar-refractivity contribution < 1.29 is 9.53 Å². The molecule has 0 radical (unpaired) electrons. The molecule has 0 aromatic heterocycles. The van der Waals surface area contributed by atoms with Gasteiger partial charge < -0.3 is 10.1 Å². The molecule has 4 aliphatic carbocycles. The summed E-state index contributed by atoms with van der Waals surface area (Å²) in [5, 5.41) is 3.28. The Hall–Kier alpha value is -1.35. The first-order valence-electron chi connectivity index (χ1n) is 9.61. The first-order chi connectivity index (χ1) is 11.7. The van der Waals surface area contributed by atoms with Crippen LogP contribution in [0.25, 0.3) is 0 Å². The van der Waals surface area contributed by atoms with Gasteiger partial charge in [0.2, 0.25) is 5.91 Å². The second-order valence-corrected chi connectivity index (χ2v) is 8.29. The van der Waals surface area contributed by atoms with Crippen LogP contribution in [0, 0.1) is 23.2 Å². The molecule has 1 aromatic carbocycles. The molecule has 0 aliphatic heterocycles. The topological polar surface area (TPSA) is 38.3 Å². The van der Waals surface area contributed by atoms with E-state index in [1.54, 1.807) is 0 Å². The average Bonchev–Trinajstić information content (AvgIpc) is 2.57. The molecule has 1 aromatic rings. The third-order valence-electron chi connectivity index (χ3n) is 6.54. The quantitative estimate of drug-likeness (QED) is 0.856. The molecule has 3 nitrogen and oxygen atoms in total. The maximum Gasteiger partial charge on any atom is 0.226 e. The molecule has 3 heteroatoms. The molecule has 1 amide bonds. The number of carbonyl (C=O) groups excluding carboxylic acids is 1. The summed E-state index contributed by atoms with van der Waals surface area (Å²) in [6.45, 7) is 3.98. The van der Waals surface area contributed by atoms with Gasteiger partial charge in [-0.15, -0.1) is 0 Å². The maximum absolute atomic E-state index is 13.1. The molecule has 0 spiro atoms. The summed E-state index contributed by atoms with van der Waals surface area (Å²) < 4.78 is 5.55. The number of nitrogens with one attached hydrogen (secondary N) is 1. The van der Waals surface area contributed by atoms with Gasteiger partial charge in [-0.3, -0.25) is 4.79 Å². The van der Waals surface area contributed by atoms with E-state index in [9.17, 15) is 4.79 Å². The van der Waals surface area contributed by atoms with Gasteiger partial charge in [0.05, 0.1) is 6.61 Å². The molecule has 4 bridgehead atoms. The molecule has 4 fully saturated rings. The Morgan fingerprint density at radius 1 is 1.08 bits per heavy atom. The minimum Gasteiger partial charge on any atom is -0.377 e. The van der Waals surface area contributed by atoms with E-state index in [-0.39, 0.29) is 5.41 Å². The molecule has 4 saturated carbocycles. The van der Waals surface area contributed by atoms with E-state index in [1.807, 2.05) is 19.1 Å². The molecule has 24 heavy (non-hydrogen) atoms. The highest BCUT2D eigenvalue weighted by atomic mass is 16.5. The highest BCUT2D eigenvalue weighted by Gasteiger charge is 2.54. The summed E-state index contributed by atoms with van der Waals surface area (Å²) in [6.07, 6.45) is 7.53. The largest absolute Gasteiger partial charge is 0.377 e. The van der Waals surface area contributed by atoms with Crippen LogP contribution in [0.1, 0.15) is 56.6 Å². The summed E-state index contributed by atoms with van der Waals surface area (Å²) in [4.78, 5) is 13.1. The summed E-state index contributed by atoms with van der Waals surface area (Å²) in [5.41, 5.74) is 2.32. The van der Waals surface area contributed by atoms with Crippen LogP contribution in [0.15, 0.2) is 24.3 Å². The maximum atomic E-state index is 13.1. The summed E-state index contributed by atoms with van der Waals surface area (Å²) >= 11 is 0. The molecule has 0 unspecified atom stereocenters. The molecule has 4 aliphatic rings. The van der Waals surface area contributed by atoms with Gasteiger partial charge in [-0.05, 0) is 74.3 Å². The van der Waals surface area contributed by atoms with Gasteiger partial charge >= 0.3 is 0 Å². The summed E-state index contributed by atoms with van der Waals surface area (Å²) in [6, 6.07) is 8.29. The van der Waals surface area contributed by atoms with E-state index < -0.39 is 0 Å². The lowest BCUT2D eigenvalue weighted by molar-refractivity contribution is -0.146. The van der Waals surface area contributed by atoms with Crippen molar-refractivity contribution in [3.63, 3.8) is 0 Å². The van der Waals surface area contributed by atoms with Gasteiger partial charge in [-0.2, -0.15) is 0 Å². The standard InChI is InChI=1S/C21H29NO2/c1-2-24-14-19-6-4-3-5-18(19)13-22-20(23)21-10-15-7-16(11-21)9-17(8-15)12-21/h3-6,15-17H,2,7-14H2,1H3,(H,22,23). The first-order valence-corrected chi connectivity index (χ1v) is 9.61. The van der Waals surface area contributed by atoms with Crippen molar-refractivity contribution in [3.05, 3.63) is 35.4 Å². The van der Waals surface area contributed by atoms with Gasteiger partial charge in [0.25, 0.3) is 0 Å². The Kier molecular flexibility index (Phi) is 4.38. The van der Waals surface area contributed by atoms with E-state index in [2.05, 4.69) is 17.4 Å². The zero-order valence-corrected chi connectivity index (χ0v) is 14.7. The predicted octanol–water partition coefficient (Wildman–Crippen LogP) is 4.06. The third-order valence-corrected chi connectivity index (χ3v) is 6.54. The van der Waals surface area contributed by atoms with Crippen LogP contribution in [-0.4, -0.2) is 12.5 Å². The fraction of sp³-hybridized carbons (Fsp3) is 0.667. The highest BCUT2D eigenvalue weighted by Crippen LogP contribution is 2.60. The number of rotatable bonds is 6. The van der Waals surface area contributed by atoms with Crippen LogP contribution in [-0.2, 0) is 22.7 Å². The number of hydrogen-bond acceptors (Lipinski definition) is 2. The van der Waals surface area contributed by atoms with Crippen molar-refractivity contribution in [3.8, 4) is 0 Å². The third kappa shape index (κ3) is 2.99. The second-order valence-electron chi connectivity index (χ2n) is 8.29.